The van der Waals surface area contributed by atoms with Crippen LogP contribution < -0.4 is 5.32 Å². The highest BCUT2D eigenvalue weighted by molar-refractivity contribution is 5.85. The molecule has 1 aliphatic carbocycles. The van der Waals surface area contributed by atoms with Crippen LogP contribution in [0.3, 0.4) is 0 Å². The summed E-state index contributed by atoms with van der Waals surface area (Å²) in [5, 5.41) is 3.65. The molecule has 2 bridgehead atoms. The van der Waals surface area contributed by atoms with E-state index in [0.29, 0.717) is 30.0 Å². The second kappa shape index (κ2) is 5.79. The van der Waals surface area contributed by atoms with Crippen LogP contribution >= 0.6 is 12.4 Å². The minimum absolute atomic E-state index is 0. The first-order valence-corrected chi connectivity index (χ1v) is 7.27. The van der Waals surface area contributed by atoms with Crippen molar-refractivity contribution in [3.05, 3.63) is 0 Å². The van der Waals surface area contributed by atoms with Gasteiger partial charge in [-0.25, -0.2) is 0 Å². The Labute approximate surface area is 116 Å². The Bertz CT molecular complexity index is 292. The van der Waals surface area contributed by atoms with Crippen molar-refractivity contribution in [1.29, 1.82) is 0 Å². The Morgan fingerprint density at radius 3 is 2.17 bits per heavy atom. The predicted octanol–water partition coefficient (Wildman–Crippen LogP) is 2.34. The smallest absolute Gasteiger partial charge is 0.225 e. The third-order valence-electron chi connectivity index (χ3n) is 5.05. The van der Waals surface area contributed by atoms with E-state index in [1.807, 2.05) is 7.05 Å². The van der Waals surface area contributed by atoms with Crippen LogP contribution in [0.4, 0.5) is 0 Å². The molecular formula is C14H25ClN2O. The SMILES string of the molecule is CN(C(=O)C1CCCC1)C1CC2CCC(C1)N2.Cl. The van der Waals surface area contributed by atoms with Crippen molar-refractivity contribution in [1.82, 2.24) is 10.2 Å². The van der Waals surface area contributed by atoms with E-state index in [2.05, 4.69) is 10.2 Å². The number of halogens is 1. The lowest BCUT2D eigenvalue weighted by Gasteiger charge is -2.36. The fourth-order valence-electron chi connectivity index (χ4n) is 3.98. The first-order valence-electron chi connectivity index (χ1n) is 7.27. The predicted molar refractivity (Wildman–Crippen MR) is 74.9 cm³/mol. The zero-order valence-corrected chi connectivity index (χ0v) is 12.0. The summed E-state index contributed by atoms with van der Waals surface area (Å²) in [6.45, 7) is 0. The van der Waals surface area contributed by atoms with Crippen molar-refractivity contribution in [2.45, 2.75) is 69.5 Å². The van der Waals surface area contributed by atoms with E-state index in [0.717, 1.165) is 12.8 Å². The van der Waals surface area contributed by atoms with Crippen molar-refractivity contribution < 1.29 is 4.79 Å². The van der Waals surface area contributed by atoms with E-state index in [9.17, 15) is 4.79 Å². The van der Waals surface area contributed by atoms with Crippen molar-refractivity contribution >= 4 is 18.3 Å². The third-order valence-corrected chi connectivity index (χ3v) is 5.05. The third kappa shape index (κ3) is 2.67. The summed E-state index contributed by atoms with van der Waals surface area (Å²) in [4.78, 5) is 14.5. The molecule has 1 amide bonds. The molecule has 2 aliphatic heterocycles. The lowest BCUT2D eigenvalue weighted by molar-refractivity contribution is -0.136. The maximum Gasteiger partial charge on any atom is 0.225 e. The highest BCUT2D eigenvalue weighted by Crippen LogP contribution is 2.32. The summed E-state index contributed by atoms with van der Waals surface area (Å²) in [6, 6.07) is 1.86. The number of nitrogens with one attached hydrogen (secondary N) is 1. The van der Waals surface area contributed by atoms with Crippen LogP contribution in [0.1, 0.15) is 51.4 Å². The molecule has 0 aromatic heterocycles. The lowest BCUT2D eigenvalue weighted by Crippen LogP contribution is -2.49. The molecule has 3 fully saturated rings. The summed E-state index contributed by atoms with van der Waals surface area (Å²) < 4.78 is 0. The maximum atomic E-state index is 12.4. The average molecular weight is 273 g/mol. The van der Waals surface area contributed by atoms with Gasteiger partial charge in [0.15, 0.2) is 0 Å². The maximum absolute atomic E-state index is 12.4. The molecule has 1 N–H and O–H groups in total. The van der Waals surface area contributed by atoms with E-state index in [4.69, 9.17) is 0 Å². The summed E-state index contributed by atoms with van der Waals surface area (Å²) >= 11 is 0. The lowest BCUT2D eigenvalue weighted by atomic mass is 9.96. The number of hydrogen-bond acceptors (Lipinski definition) is 2. The van der Waals surface area contributed by atoms with E-state index < -0.39 is 0 Å². The summed E-state index contributed by atoms with van der Waals surface area (Å²) in [6.07, 6.45) is 9.72. The van der Waals surface area contributed by atoms with Gasteiger partial charge in [-0.2, -0.15) is 0 Å². The number of fused-ring (bicyclic) bond motifs is 2. The zero-order valence-electron chi connectivity index (χ0n) is 11.2. The second-order valence-electron chi connectivity index (χ2n) is 6.19. The molecule has 2 unspecified atom stereocenters. The van der Waals surface area contributed by atoms with Crippen molar-refractivity contribution in [3.63, 3.8) is 0 Å². The molecule has 3 aliphatic rings. The number of nitrogens with zero attached hydrogens (tertiary/aromatic N) is 1. The Morgan fingerprint density at radius 1 is 1.06 bits per heavy atom. The van der Waals surface area contributed by atoms with Gasteiger partial charge in [0.25, 0.3) is 0 Å². The Hall–Kier alpha value is -0.280. The van der Waals surface area contributed by atoms with Gasteiger partial charge in [-0.3, -0.25) is 4.79 Å². The van der Waals surface area contributed by atoms with Crippen LogP contribution in [0.25, 0.3) is 0 Å². The second-order valence-corrected chi connectivity index (χ2v) is 6.19. The summed E-state index contributed by atoms with van der Waals surface area (Å²) in [7, 11) is 2.04. The minimum atomic E-state index is 0. The first kappa shape index (κ1) is 14.1. The van der Waals surface area contributed by atoms with Crippen LogP contribution in [0.2, 0.25) is 0 Å². The van der Waals surface area contributed by atoms with Crippen LogP contribution in [-0.4, -0.2) is 36.0 Å². The molecule has 3 rings (SSSR count). The van der Waals surface area contributed by atoms with Gasteiger partial charge in [0.2, 0.25) is 5.91 Å². The minimum Gasteiger partial charge on any atom is -0.342 e. The first-order chi connectivity index (χ1) is 8.24. The monoisotopic (exact) mass is 272 g/mol. The number of rotatable bonds is 2. The average Bonchev–Trinajstić information content (AvgIpc) is 2.97. The Balaban J connectivity index is 0.00000120. The van der Waals surface area contributed by atoms with Crippen LogP contribution in [0.5, 0.6) is 0 Å². The molecule has 18 heavy (non-hydrogen) atoms. The van der Waals surface area contributed by atoms with E-state index in [1.165, 1.54) is 38.5 Å². The number of carbonyl (C=O) groups is 1. The number of amides is 1. The number of carbonyl (C=O) groups excluding carboxylic acids is 1. The van der Waals surface area contributed by atoms with Gasteiger partial charge < -0.3 is 10.2 Å². The molecule has 3 nitrogen and oxygen atoms in total. The van der Waals surface area contributed by atoms with Gasteiger partial charge in [-0.05, 0) is 38.5 Å². The van der Waals surface area contributed by atoms with Crippen molar-refractivity contribution in [2.75, 3.05) is 7.05 Å². The van der Waals surface area contributed by atoms with E-state index in [1.54, 1.807) is 0 Å². The Morgan fingerprint density at radius 2 is 1.61 bits per heavy atom. The largest absolute Gasteiger partial charge is 0.342 e. The summed E-state index contributed by atoms with van der Waals surface area (Å²) in [5.41, 5.74) is 0. The fourth-order valence-corrected chi connectivity index (χ4v) is 3.98. The number of hydrogen-bond donors (Lipinski definition) is 1. The van der Waals surface area contributed by atoms with Crippen molar-refractivity contribution in [3.8, 4) is 0 Å². The van der Waals surface area contributed by atoms with Gasteiger partial charge in [0, 0.05) is 31.1 Å². The number of piperidine rings is 1. The highest BCUT2D eigenvalue weighted by atomic mass is 35.5. The van der Waals surface area contributed by atoms with E-state index >= 15 is 0 Å². The molecule has 2 saturated heterocycles. The molecule has 0 aromatic carbocycles. The fraction of sp³-hybridized carbons (Fsp3) is 0.929. The normalized spacial score (nSPS) is 35.3. The topological polar surface area (TPSA) is 32.3 Å². The van der Waals surface area contributed by atoms with Crippen LogP contribution in [0.15, 0.2) is 0 Å². The Kier molecular flexibility index (Phi) is 4.54. The molecular weight excluding hydrogens is 248 g/mol. The highest BCUT2D eigenvalue weighted by Gasteiger charge is 2.37. The van der Waals surface area contributed by atoms with Crippen molar-refractivity contribution in [2.24, 2.45) is 5.92 Å². The van der Waals surface area contributed by atoms with Gasteiger partial charge in [-0.1, -0.05) is 12.8 Å². The molecule has 2 atom stereocenters. The molecule has 2 heterocycles. The standard InChI is InChI=1S/C14H24N2O.ClH/c1-16(14(17)10-4-2-3-5-10)13-8-11-6-7-12(9-13)15-11;/h10-13,15H,2-9H2,1H3;1H. The van der Waals surface area contributed by atoms with Crippen LogP contribution in [0, 0.1) is 5.92 Å². The van der Waals surface area contributed by atoms with Gasteiger partial charge in [0.1, 0.15) is 0 Å². The molecule has 0 spiro atoms. The molecule has 0 aromatic rings. The van der Waals surface area contributed by atoms with Crippen LogP contribution in [-0.2, 0) is 4.79 Å². The quantitative estimate of drug-likeness (QED) is 0.837. The van der Waals surface area contributed by atoms with E-state index in [-0.39, 0.29) is 12.4 Å². The molecule has 0 radical (unpaired) electrons. The van der Waals surface area contributed by atoms with Gasteiger partial charge in [-0.15, -0.1) is 12.4 Å². The zero-order chi connectivity index (χ0) is 11.8. The molecule has 1 saturated carbocycles. The van der Waals surface area contributed by atoms with Gasteiger partial charge >= 0.3 is 0 Å². The van der Waals surface area contributed by atoms with Gasteiger partial charge in [0.05, 0.1) is 0 Å². The molecule has 4 heteroatoms. The molecule has 104 valence electrons. The summed E-state index contributed by atoms with van der Waals surface area (Å²) in [5.74, 6) is 0.765.